The lowest BCUT2D eigenvalue weighted by Crippen LogP contribution is -2.32. The van der Waals surface area contributed by atoms with Crippen LogP contribution >= 0.6 is 0 Å². The van der Waals surface area contributed by atoms with E-state index in [2.05, 4.69) is 20.8 Å². The highest BCUT2D eigenvalue weighted by Gasteiger charge is 2.35. The second-order valence-electron chi connectivity index (χ2n) is 5.67. The summed E-state index contributed by atoms with van der Waals surface area (Å²) in [5, 5.41) is 9.96. The van der Waals surface area contributed by atoms with Crippen molar-refractivity contribution in [2.45, 2.75) is 46.6 Å². The van der Waals surface area contributed by atoms with Gasteiger partial charge in [-0.1, -0.05) is 20.8 Å². The smallest absolute Gasteiger partial charge is 0.333 e. The summed E-state index contributed by atoms with van der Waals surface area (Å²) in [5.41, 5.74) is 1.52. The van der Waals surface area contributed by atoms with Gasteiger partial charge in [0.05, 0.1) is 13.2 Å². The highest BCUT2D eigenvalue weighted by atomic mass is 16.5. The lowest BCUT2D eigenvalue weighted by molar-refractivity contribution is -0.136. The second kappa shape index (κ2) is 4.58. The number of methoxy groups -OCH3 is 1. The Kier molecular flexibility index (Phi) is 3.79. The Bertz CT molecular complexity index is 310. The normalized spacial score (nSPS) is 26.9. The number of rotatable bonds is 1. The summed E-state index contributed by atoms with van der Waals surface area (Å²) in [6.45, 7) is 8.23. The predicted octanol–water partition coefficient (Wildman–Crippen LogP) is 2.29. The molecule has 0 radical (unpaired) electrons. The number of hydrogen-bond donors (Lipinski definition) is 1. The standard InChI is InChI=1S/C13H22O3/c1-8-10(12(15)16-5)6-9(7-11(8)14)13(2,3)4/h9,11,14H,6-7H2,1-5H3/t9-,11-/m1/s1. The molecule has 92 valence electrons. The Morgan fingerprint density at radius 2 is 2.00 bits per heavy atom. The molecule has 16 heavy (non-hydrogen) atoms. The van der Waals surface area contributed by atoms with Gasteiger partial charge < -0.3 is 9.84 Å². The van der Waals surface area contributed by atoms with Crippen LogP contribution in [0.3, 0.4) is 0 Å². The lowest BCUT2D eigenvalue weighted by Gasteiger charge is -2.37. The third-order valence-electron chi connectivity index (χ3n) is 3.59. The molecule has 1 N–H and O–H groups in total. The van der Waals surface area contributed by atoms with Gasteiger partial charge in [0, 0.05) is 5.57 Å². The molecule has 0 saturated heterocycles. The van der Waals surface area contributed by atoms with Crippen LogP contribution in [0.4, 0.5) is 0 Å². The van der Waals surface area contributed by atoms with E-state index in [1.54, 1.807) is 0 Å². The minimum Gasteiger partial charge on any atom is -0.466 e. The van der Waals surface area contributed by atoms with Crippen molar-refractivity contribution >= 4 is 5.97 Å². The van der Waals surface area contributed by atoms with Crippen LogP contribution in [0, 0.1) is 11.3 Å². The fourth-order valence-corrected chi connectivity index (χ4v) is 2.17. The topological polar surface area (TPSA) is 46.5 Å². The van der Waals surface area contributed by atoms with E-state index in [9.17, 15) is 9.90 Å². The molecule has 0 aromatic rings. The summed E-state index contributed by atoms with van der Waals surface area (Å²) in [4.78, 5) is 11.6. The van der Waals surface area contributed by atoms with E-state index < -0.39 is 6.10 Å². The van der Waals surface area contributed by atoms with Gasteiger partial charge in [-0.3, -0.25) is 0 Å². The van der Waals surface area contributed by atoms with Gasteiger partial charge in [-0.25, -0.2) is 4.79 Å². The molecule has 0 heterocycles. The van der Waals surface area contributed by atoms with Crippen molar-refractivity contribution in [3.8, 4) is 0 Å². The maximum absolute atomic E-state index is 11.6. The first kappa shape index (κ1) is 13.2. The summed E-state index contributed by atoms with van der Waals surface area (Å²) in [6, 6.07) is 0. The van der Waals surface area contributed by atoms with Crippen molar-refractivity contribution in [2.24, 2.45) is 11.3 Å². The largest absolute Gasteiger partial charge is 0.466 e. The predicted molar refractivity (Wildman–Crippen MR) is 62.9 cm³/mol. The molecule has 0 amide bonds. The average molecular weight is 226 g/mol. The maximum atomic E-state index is 11.6. The van der Waals surface area contributed by atoms with E-state index in [-0.39, 0.29) is 11.4 Å². The van der Waals surface area contributed by atoms with E-state index >= 15 is 0 Å². The number of hydrogen-bond acceptors (Lipinski definition) is 3. The third kappa shape index (κ3) is 2.64. The first-order chi connectivity index (χ1) is 7.27. The average Bonchev–Trinajstić information content (AvgIpc) is 2.19. The van der Waals surface area contributed by atoms with Crippen molar-refractivity contribution in [3.05, 3.63) is 11.1 Å². The van der Waals surface area contributed by atoms with E-state index in [0.29, 0.717) is 17.9 Å². The first-order valence-corrected chi connectivity index (χ1v) is 5.73. The van der Waals surface area contributed by atoms with Crippen molar-refractivity contribution in [3.63, 3.8) is 0 Å². The van der Waals surface area contributed by atoms with E-state index in [4.69, 9.17) is 4.74 Å². The zero-order valence-electron chi connectivity index (χ0n) is 10.8. The molecule has 0 aliphatic heterocycles. The molecular weight excluding hydrogens is 204 g/mol. The Morgan fingerprint density at radius 1 is 1.44 bits per heavy atom. The van der Waals surface area contributed by atoms with Crippen molar-refractivity contribution in [1.29, 1.82) is 0 Å². The van der Waals surface area contributed by atoms with E-state index in [1.807, 2.05) is 6.92 Å². The molecule has 0 aromatic heterocycles. The van der Waals surface area contributed by atoms with Crippen LogP contribution in [-0.2, 0) is 9.53 Å². The first-order valence-electron chi connectivity index (χ1n) is 5.73. The summed E-state index contributed by atoms with van der Waals surface area (Å²) >= 11 is 0. The second-order valence-corrected chi connectivity index (χ2v) is 5.67. The molecule has 2 atom stereocenters. The van der Waals surface area contributed by atoms with Crippen LogP contribution in [0.25, 0.3) is 0 Å². The molecule has 1 aliphatic carbocycles. The molecule has 1 rings (SSSR count). The molecule has 0 aromatic carbocycles. The summed E-state index contributed by atoms with van der Waals surface area (Å²) in [7, 11) is 1.38. The Hall–Kier alpha value is -0.830. The quantitative estimate of drug-likeness (QED) is 0.698. The van der Waals surface area contributed by atoms with Gasteiger partial charge >= 0.3 is 5.97 Å². The van der Waals surface area contributed by atoms with Crippen molar-refractivity contribution < 1.29 is 14.6 Å². The van der Waals surface area contributed by atoms with Crippen LogP contribution in [0.1, 0.15) is 40.5 Å². The number of aliphatic hydroxyl groups is 1. The fraction of sp³-hybridized carbons (Fsp3) is 0.769. The molecule has 0 saturated carbocycles. The van der Waals surface area contributed by atoms with Gasteiger partial charge in [-0.05, 0) is 36.7 Å². The minimum atomic E-state index is -0.507. The number of ether oxygens (including phenoxy) is 1. The summed E-state index contributed by atoms with van der Waals surface area (Å²) in [6.07, 6.45) is 0.932. The number of aliphatic hydroxyl groups excluding tert-OH is 1. The number of carbonyl (C=O) groups excluding carboxylic acids is 1. The van der Waals surface area contributed by atoms with Crippen LogP contribution < -0.4 is 0 Å². The Balaban J connectivity index is 2.98. The van der Waals surface area contributed by atoms with Crippen molar-refractivity contribution in [1.82, 2.24) is 0 Å². The molecule has 1 aliphatic rings. The van der Waals surface area contributed by atoms with Crippen LogP contribution in [0.5, 0.6) is 0 Å². The lowest BCUT2D eigenvalue weighted by atomic mass is 9.70. The number of carbonyl (C=O) groups is 1. The highest BCUT2D eigenvalue weighted by Crippen LogP contribution is 2.40. The minimum absolute atomic E-state index is 0.0982. The van der Waals surface area contributed by atoms with Crippen LogP contribution in [-0.4, -0.2) is 24.3 Å². The molecule has 3 heteroatoms. The molecular formula is C13H22O3. The molecule has 0 fully saturated rings. The highest BCUT2D eigenvalue weighted by molar-refractivity contribution is 5.89. The van der Waals surface area contributed by atoms with E-state index in [0.717, 1.165) is 12.0 Å². The Morgan fingerprint density at radius 3 is 2.44 bits per heavy atom. The molecule has 0 spiro atoms. The zero-order valence-corrected chi connectivity index (χ0v) is 10.8. The maximum Gasteiger partial charge on any atom is 0.333 e. The zero-order chi connectivity index (χ0) is 12.5. The molecule has 0 bridgehead atoms. The SMILES string of the molecule is COC(=O)C1=C(C)[C@H](O)C[C@H](C(C)(C)C)C1. The van der Waals surface area contributed by atoms with Crippen LogP contribution in [0.15, 0.2) is 11.1 Å². The van der Waals surface area contributed by atoms with E-state index in [1.165, 1.54) is 7.11 Å². The van der Waals surface area contributed by atoms with Gasteiger partial charge in [-0.15, -0.1) is 0 Å². The fourth-order valence-electron chi connectivity index (χ4n) is 2.17. The van der Waals surface area contributed by atoms with Crippen LogP contribution in [0.2, 0.25) is 0 Å². The monoisotopic (exact) mass is 226 g/mol. The summed E-state index contributed by atoms with van der Waals surface area (Å²) in [5.74, 6) is 0.0193. The van der Waals surface area contributed by atoms with Crippen molar-refractivity contribution in [2.75, 3.05) is 7.11 Å². The number of esters is 1. The van der Waals surface area contributed by atoms with Gasteiger partial charge in [0.2, 0.25) is 0 Å². The molecule has 3 nitrogen and oxygen atoms in total. The molecule has 0 unspecified atom stereocenters. The Labute approximate surface area is 97.5 Å². The van der Waals surface area contributed by atoms with Gasteiger partial charge in [0.15, 0.2) is 0 Å². The van der Waals surface area contributed by atoms with Gasteiger partial charge in [-0.2, -0.15) is 0 Å². The summed E-state index contributed by atoms with van der Waals surface area (Å²) < 4.78 is 4.76. The third-order valence-corrected chi connectivity index (χ3v) is 3.59. The van der Waals surface area contributed by atoms with Gasteiger partial charge in [0.25, 0.3) is 0 Å². The van der Waals surface area contributed by atoms with Gasteiger partial charge in [0.1, 0.15) is 0 Å².